The molecule has 1 saturated carbocycles. The highest BCUT2D eigenvalue weighted by molar-refractivity contribution is 5.83. The molecule has 1 fully saturated rings. The van der Waals surface area contributed by atoms with Crippen LogP contribution in [0.15, 0.2) is 36.7 Å². The van der Waals surface area contributed by atoms with Crippen LogP contribution in [0, 0.1) is 11.7 Å². The van der Waals surface area contributed by atoms with Crippen LogP contribution < -0.4 is 14.8 Å². The first kappa shape index (κ1) is 17.2. The van der Waals surface area contributed by atoms with Gasteiger partial charge in [-0.05, 0) is 37.0 Å². The van der Waals surface area contributed by atoms with Crippen molar-refractivity contribution in [3.05, 3.63) is 53.6 Å². The summed E-state index contributed by atoms with van der Waals surface area (Å²) in [5, 5.41) is 2.89. The Labute approximate surface area is 146 Å². The molecule has 0 saturated heterocycles. The van der Waals surface area contributed by atoms with Gasteiger partial charge in [0.2, 0.25) is 5.91 Å². The molecule has 2 aromatic rings. The number of rotatable bonds is 6. The first-order valence-electron chi connectivity index (χ1n) is 8.16. The summed E-state index contributed by atoms with van der Waals surface area (Å²) in [6.45, 7) is 1.75. The second-order valence-electron chi connectivity index (χ2n) is 6.19. The zero-order valence-corrected chi connectivity index (χ0v) is 14.5. The molecule has 0 spiro atoms. The van der Waals surface area contributed by atoms with E-state index >= 15 is 0 Å². The third-order valence-electron chi connectivity index (χ3n) is 4.57. The lowest BCUT2D eigenvalue weighted by Gasteiger charge is -2.17. The van der Waals surface area contributed by atoms with E-state index in [-0.39, 0.29) is 17.7 Å². The fourth-order valence-corrected chi connectivity index (χ4v) is 3.05. The summed E-state index contributed by atoms with van der Waals surface area (Å²) in [6.07, 6.45) is 4.29. The summed E-state index contributed by atoms with van der Waals surface area (Å²) in [5.74, 6) is 0.340. The van der Waals surface area contributed by atoms with Crippen molar-refractivity contribution < 1.29 is 18.7 Å². The van der Waals surface area contributed by atoms with Crippen LogP contribution >= 0.6 is 0 Å². The topological polar surface area (TPSA) is 60.5 Å². The molecular weight excluding hydrogens is 323 g/mol. The lowest BCUT2D eigenvalue weighted by molar-refractivity contribution is -0.123. The lowest BCUT2D eigenvalue weighted by atomic mass is 10.1. The standard InChI is InChI=1S/C19H21FN2O3/c1-11(13-8-17(24-2)18(25-3)9-16(13)20)22-19(23)15-7-14(15)12-5-4-6-21-10-12/h4-6,8-11,14-15H,7H2,1-3H3,(H,22,23). The highest BCUT2D eigenvalue weighted by Crippen LogP contribution is 2.47. The summed E-state index contributed by atoms with van der Waals surface area (Å²) >= 11 is 0. The van der Waals surface area contributed by atoms with Gasteiger partial charge in [0.15, 0.2) is 11.5 Å². The minimum absolute atomic E-state index is 0.0736. The zero-order valence-electron chi connectivity index (χ0n) is 14.5. The van der Waals surface area contributed by atoms with E-state index in [1.165, 1.54) is 20.3 Å². The normalized spacial score (nSPS) is 19.8. The number of halogens is 1. The summed E-state index contributed by atoms with van der Waals surface area (Å²) in [7, 11) is 2.94. The molecule has 3 rings (SSSR count). The Balaban J connectivity index is 1.68. The lowest BCUT2D eigenvalue weighted by Crippen LogP contribution is -2.29. The second-order valence-corrected chi connectivity index (χ2v) is 6.19. The molecule has 3 atom stereocenters. The van der Waals surface area contributed by atoms with Crippen LogP contribution in [0.5, 0.6) is 11.5 Å². The van der Waals surface area contributed by atoms with E-state index in [0.29, 0.717) is 17.1 Å². The molecule has 5 nitrogen and oxygen atoms in total. The number of benzene rings is 1. The molecular formula is C19H21FN2O3. The monoisotopic (exact) mass is 344 g/mol. The van der Waals surface area contributed by atoms with Gasteiger partial charge in [-0.25, -0.2) is 4.39 Å². The van der Waals surface area contributed by atoms with Gasteiger partial charge in [0.25, 0.3) is 0 Å². The Kier molecular flexibility index (Phi) is 4.88. The minimum atomic E-state index is -0.470. The van der Waals surface area contributed by atoms with Gasteiger partial charge in [-0.15, -0.1) is 0 Å². The molecule has 25 heavy (non-hydrogen) atoms. The van der Waals surface area contributed by atoms with Crippen molar-refractivity contribution in [2.75, 3.05) is 14.2 Å². The Morgan fingerprint density at radius 1 is 1.32 bits per heavy atom. The van der Waals surface area contributed by atoms with E-state index in [0.717, 1.165) is 12.0 Å². The van der Waals surface area contributed by atoms with Crippen LogP contribution in [0.2, 0.25) is 0 Å². The first-order chi connectivity index (χ1) is 12.0. The van der Waals surface area contributed by atoms with Crippen molar-refractivity contribution >= 4 is 5.91 Å². The van der Waals surface area contributed by atoms with Gasteiger partial charge in [-0.2, -0.15) is 0 Å². The molecule has 132 valence electrons. The Morgan fingerprint density at radius 2 is 2.04 bits per heavy atom. The average molecular weight is 344 g/mol. The number of carbonyl (C=O) groups is 1. The molecule has 6 heteroatoms. The van der Waals surface area contributed by atoms with Crippen molar-refractivity contribution in [3.63, 3.8) is 0 Å². The zero-order chi connectivity index (χ0) is 18.0. The van der Waals surface area contributed by atoms with E-state index in [9.17, 15) is 9.18 Å². The predicted molar refractivity (Wildman–Crippen MR) is 91.1 cm³/mol. The van der Waals surface area contributed by atoms with Gasteiger partial charge in [0.05, 0.1) is 20.3 Å². The van der Waals surface area contributed by atoms with Gasteiger partial charge >= 0.3 is 0 Å². The van der Waals surface area contributed by atoms with Crippen molar-refractivity contribution in [1.82, 2.24) is 10.3 Å². The number of amides is 1. The summed E-state index contributed by atoms with van der Waals surface area (Å²) in [4.78, 5) is 16.5. The van der Waals surface area contributed by atoms with Crippen LogP contribution in [-0.4, -0.2) is 25.1 Å². The fraction of sp³-hybridized carbons (Fsp3) is 0.368. The van der Waals surface area contributed by atoms with Gasteiger partial charge < -0.3 is 14.8 Å². The second kappa shape index (κ2) is 7.09. The molecule has 1 aliphatic rings. The third kappa shape index (κ3) is 3.57. The van der Waals surface area contributed by atoms with Gasteiger partial charge in [0.1, 0.15) is 5.82 Å². The number of aromatic nitrogens is 1. The van der Waals surface area contributed by atoms with Crippen LogP contribution in [0.4, 0.5) is 4.39 Å². The molecule has 1 N–H and O–H groups in total. The van der Waals surface area contributed by atoms with Crippen LogP contribution in [0.1, 0.15) is 36.4 Å². The summed E-state index contributed by atoms with van der Waals surface area (Å²) in [5.41, 5.74) is 1.43. The number of nitrogens with one attached hydrogen (secondary N) is 1. The van der Waals surface area contributed by atoms with E-state index in [1.54, 1.807) is 25.4 Å². The van der Waals surface area contributed by atoms with Crippen molar-refractivity contribution in [2.24, 2.45) is 5.92 Å². The highest BCUT2D eigenvalue weighted by atomic mass is 19.1. The quantitative estimate of drug-likeness (QED) is 0.874. The number of hydrogen-bond donors (Lipinski definition) is 1. The Hall–Kier alpha value is -2.63. The molecule has 0 aliphatic heterocycles. The van der Waals surface area contributed by atoms with E-state index in [2.05, 4.69) is 10.3 Å². The molecule has 0 radical (unpaired) electrons. The van der Waals surface area contributed by atoms with E-state index in [4.69, 9.17) is 9.47 Å². The molecule has 1 aromatic heterocycles. The van der Waals surface area contributed by atoms with Gasteiger partial charge in [-0.3, -0.25) is 9.78 Å². The molecule has 1 aromatic carbocycles. The minimum Gasteiger partial charge on any atom is -0.493 e. The Morgan fingerprint density at radius 3 is 2.68 bits per heavy atom. The van der Waals surface area contributed by atoms with Crippen LogP contribution in [0.25, 0.3) is 0 Å². The molecule has 1 aliphatic carbocycles. The number of carbonyl (C=O) groups excluding carboxylic acids is 1. The molecule has 3 unspecified atom stereocenters. The molecule has 1 heterocycles. The van der Waals surface area contributed by atoms with E-state index < -0.39 is 11.9 Å². The predicted octanol–water partition coefficient (Wildman–Crippen LogP) is 3.22. The average Bonchev–Trinajstić information content (AvgIpc) is 3.43. The SMILES string of the molecule is COc1cc(F)c(C(C)NC(=O)C2CC2c2cccnc2)cc1OC. The maximum absolute atomic E-state index is 14.3. The summed E-state index contributed by atoms with van der Waals surface area (Å²) < 4.78 is 24.6. The maximum atomic E-state index is 14.3. The summed E-state index contributed by atoms with van der Waals surface area (Å²) in [6, 6.07) is 6.20. The van der Waals surface area contributed by atoms with Crippen molar-refractivity contribution in [3.8, 4) is 11.5 Å². The molecule has 0 bridgehead atoms. The van der Waals surface area contributed by atoms with Crippen LogP contribution in [-0.2, 0) is 4.79 Å². The third-order valence-corrected chi connectivity index (χ3v) is 4.57. The first-order valence-corrected chi connectivity index (χ1v) is 8.16. The smallest absolute Gasteiger partial charge is 0.224 e. The Bertz CT molecular complexity index is 767. The fourth-order valence-electron chi connectivity index (χ4n) is 3.05. The number of pyridine rings is 1. The van der Waals surface area contributed by atoms with Crippen LogP contribution in [0.3, 0.4) is 0 Å². The highest BCUT2D eigenvalue weighted by Gasteiger charge is 2.44. The van der Waals surface area contributed by atoms with Crippen molar-refractivity contribution in [1.29, 1.82) is 0 Å². The van der Waals surface area contributed by atoms with Gasteiger partial charge in [0, 0.05) is 29.9 Å². The van der Waals surface area contributed by atoms with Gasteiger partial charge in [-0.1, -0.05) is 6.07 Å². The number of hydrogen-bond acceptors (Lipinski definition) is 4. The number of methoxy groups -OCH3 is 2. The van der Waals surface area contributed by atoms with Crippen molar-refractivity contribution in [2.45, 2.75) is 25.3 Å². The van der Waals surface area contributed by atoms with E-state index in [1.807, 2.05) is 12.1 Å². The number of nitrogens with zero attached hydrogens (tertiary/aromatic N) is 1. The number of ether oxygens (including phenoxy) is 2. The molecule has 1 amide bonds. The maximum Gasteiger partial charge on any atom is 0.224 e. The largest absolute Gasteiger partial charge is 0.493 e.